The summed E-state index contributed by atoms with van der Waals surface area (Å²) in [5.41, 5.74) is 8.54. The molecule has 27 heavy (non-hydrogen) atoms. The normalized spacial score (nSPS) is 12.6. The maximum absolute atomic E-state index is 12.6. The maximum atomic E-state index is 12.6. The Bertz CT molecular complexity index is 750. The Kier molecular flexibility index (Phi) is 8.98. The van der Waals surface area contributed by atoms with Gasteiger partial charge in [0.1, 0.15) is 6.04 Å². The molecule has 4 N–H and O–H groups in total. The van der Waals surface area contributed by atoms with E-state index in [4.69, 9.17) is 5.73 Å². The van der Waals surface area contributed by atoms with E-state index < -0.39 is 6.04 Å². The first kappa shape index (κ1) is 22.7. The highest BCUT2D eigenvalue weighted by atomic mass is 35.5. The second kappa shape index (κ2) is 10.7. The van der Waals surface area contributed by atoms with Crippen molar-refractivity contribution in [3.05, 3.63) is 71.3 Å². The van der Waals surface area contributed by atoms with Gasteiger partial charge in [-0.3, -0.25) is 9.59 Å². The molecule has 0 radical (unpaired) electrons. The lowest BCUT2D eigenvalue weighted by Gasteiger charge is -2.23. The fourth-order valence-corrected chi connectivity index (χ4v) is 2.72. The summed E-state index contributed by atoms with van der Waals surface area (Å²) in [7, 11) is 0. The highest BCUT2D eigenvalue weighted by molar-refractivity contribution is 5.98. The molecule has 0 spiro atoms. The minimum absolute atomic E-state index is 0. The molecule has 0 aliphatic rings. The molecule has 0 saturated heterocycles. The van der Waals surface area contributed by atoms with E-state index in [0.29, 0.717) is 12.1 Å². The number of hydrogen-bond acceptors (Lipinski definition) is 3. The zero-order valence-electron chi connectivity index (χ0n) is 15.9. The highest BCUT2D eigenvalue weighted by Gasteiger charge is 2.25. The summed E-state index contributed by atoms with van der Waals surface area (Å²) >= 11 is 0. The van der Waals surface area contributed by atoms with Crippen molar-refractivity contribution >= 4 is 24.2 Å². The molecular weight excluding hydrogens is 362 g/mol. The van der Waals surface area contributed by atoms with Gasteiger partial charge in [0.2, 0.25) is 5.91 Å². The predicted molar refractivity (Wildman–Crippen MR) is 111 cm³/mol. The monoisotopic (exact) mass is 389 g/mol. The van der Waals surface area contributed by atoms with Crippen LogP contribution in [0, 0.1) is 12.8 Å². The summed E-state index contributed by atoms with van der Waals surface area (Å²) in [5.74, 6) is -0.520. The molecular formula is C21H28ClN3O2. The van der Waals surface area contributed by atoms with Crippen LogP contribution in [0.3, 0.4) is 0 Å². The third-order valence-corrected chi connectivity index (χ3v) is 4.35. The number of carbonyl (C=O) groups is 2. The Morgan fingerprint density at radius 1 is 1.00 bits per heavy atom. The van der Waals surface area contributed by atoms with Crippen LogP contribution in [0.5, 0.6) is 0 Å². The van der Waals surface area contributed by atoms with Crippen LogP contribution in [-0.4, -0.2) is 24.4 Å². The number of aryl methyl sites for hydroxylation is 1. The number of amides is 2. The van der Waals surface area contributed by atoms with Gasteiger partial charge in [0.15, 0.2) is 0 Å². The summed E-state index contributed by atoms with van der Waals surface area (Å²) in [6, 6.07) is 16.0. The van der Waals surface area contributed by atoms with Crippen LogP contribution in [0.2, 0.25) is 0 Å². The van der Waals surface area contributed by atoms with Crippen molar-refractivity contribution < 1.29 is 9.59 Å². The Morgan fingerprint density at radius 3 is 2.19 bits per heavy atom. The second-order valence-corrected chi connectivity index (χ2v) is 6.77. The smallest absolute Gasteiger partial charge is 0.252 e. The first-order valence-electron chi connectivity index (χ1n) is 8.85. The van der Waals surface area contributed by atoms with E-state index in [-0.39, 0.29) is 36.2 Å². The van der Waals surface area contributed by atoms with E-state index in [9.17, 15) is 9.59 Å². The first-order valence-corrected chi connectivity index (χ1v) is 8.85. The molecule has 0 heterocycles. The van der Waals surface area contributed by atoms with Crippen molar-refractivity contribution in [2.24, 2.45) is 11.7 Å². The predicted octanol–water partition coefficient (Wildman–Crippen LogP) is 2.99. The average molecular weight is 390 g/mol. The Balaban J connectivity index is 0.00000364. The Morgan fingerprint density at radius 2 is 1.59 bits per heavy atom. The van der Waals surface area contributed by atoms with Crippen LogP contribution < -0.4 is 16.4 Å². The fraction of sp³-hybridized carbons (Fsp3) is 0.333. The molecule has 5 nitrogen and oxygen atoms in total. The fourth-order valence-electron chi connectivity index (χ4n) is 2.72. The van der Waals surface area contributed by atoms with Crippen molar-refractivity contribution in [2.75, 3.05) is 6.54 Å². The van der Waals surface area contributed by atoms with Crippen molar-refractivity contribution in [1.82, 2.24) is 10.6 Å². The van der Waals surface area contributed by atoms with Crippen LogP contribution >= 0.6 is 12.4 Å². The SMILES string of the molecule is Cc1ccccc1C(=O)NC(C(=O)NCC(N)c1ccccc1)C(C)C.Cl. The largest absolute Gasteiger partial charge is 0.352 e. The average Bonchev–Trinajstić information content (AvgIpc) is 2.64. The van der Waals surface area contributed by atoms with E-state index >= 15 is 0 Å². The van der Waals surface area contributed by atoms with Gasteiger partial charge in [0.25, 0.3) is 5.91 Å². The zero-order valence-corrected chi connectivity index (χ0v) is 16.8. The second-order valence-electron chi connectivity index (χ2n) is 6.77. The number of rotatable bonds is 7. The molecule has 0 aliphatic heterocycles. The van der Waals surface area contributed by atoms with Crippen LogP contribution in [0.25, 0.3) is 0 Å². The summed E-state index contributed by atoms with van der Waals surface area (Å²) in [5, 5.41) is 5.70. The van der Waals surface area contributed by atoms with E-state index in [1.807, 2.05) is 69.3 Å². The minimum atomic E-state index is -0.620. The number of halogens is 1. The van der Waals surface area contributed by atoms with Crippen LogP contribution in [0.15, 0.2) is 54.6 Å². The van der Waals surface area contributed by atoms with Gasteiger partial charge < -0.3 is 16.4 Å². The number of carbonyl (C=O) groups excluding carboxylic acids is 2. The van der Waals surface area contributed by atoms with Gasteiger partial charge in [-0.1, -0.05) is 62.4 Å². The van der Waals surface area contributed by atoms with Crippen LogP contribution in [0.4, 0.5) is 0 Å². The van der Waals surface area contributed by atoms with Gasteiger partial charge in [0.05, 0.1) is 0 Å². The van der Waals surface area contributed by atoms with E-state index in [0.717, 1.165) is 11.1 Å². The standard InChI is InChI=1S/C21H27N3O2.ClH/c1-14(2)19(24-20(25)17-12-8-7-9-15(17)3)21(26)23-13-18(22)16-10-5-4-6-11-16;/h4-12,14,18-19H,13,22H2,1-3H3,(H,23,26)(H,24,25);1H. The molecule has 2 amide bonds. The van der Waals surface area contributed by atoms with Crippen LogP contribution in [0.1, 0.15) is 41.4 Å². The molecule has 2 unspecified atom stereocenters. The lowest BCUT2D eigenvalue weighted by Crippen LogP contribution is -2.50. The summed E-state index contributed by atoms with van der Waals surface area (Å²) in [6.07, 6.45) is 0. The zero-order chi connectivity index (χ0) is 19.1. The maximum Gasteiger partial charge on any atom is 0.252 e. The minimum Gasteiger partial charge on any atom is -0.352 e. The number of benzene rings is 2. The molecule has 0 bridgehead atoms. The van der Waals surface area contributed by atoms with E-state index in [2.05, 4.69) is 10.6 Å². The van der Waals surface area contributed by atoms with Gasteiger partial charge in [-0.2, -0.15) is 0 Å². The van der Waals surface area contributed by atoms with Gasteiger partial charge >= 0.3 is 0 Å². The third kappa shape index (κ3) is 6.38. The first-order chi connectivity index (χ1) is 12.4. The van der Waals surface area contributed by atoms with Crippen molar-refractivity contribution in [3.63, 3.8) is 0 Å². The number of hydrogen-bond donors (Lipinski definition) is 3. The third-order valence-electron chi connectivity index (χ3n) is 4.35. The molecule has 0 saturated carbocycles. The van der Waals surface area contributed by atoms with Gasteiger partial charge in [-0.25, -0.2) is 0 Å². The molecule has 0 fully saturated rings. The lowest BCUT2D eigenvalue weighted by atomic mass is 10.0. The van der Waals surface area contributed by atoms with E-state index in [1.54, 1.807) is 6.07 Å². The van der Waals surface area contributed by atoms with Gasteiger partial charge in [-0.15, -0.1) is 12.4 Å². The molecule has 2 rings (SSSR count). The topological polar surface area (TPSA) is 84.2 Å². The quantitative estimate of drug-likeness (QED) is 0.680. The molecule has 2 aromatic rings. The van der Waals surface area contributed by atoms with Crippen molar-refractivity contribution in [1.29, 1.82) is 0 Å². The molecule has 2 atom stereocenters. The van der Waals surface area contributed by atoms with Crippen molar-refractivity contribution in [3.8, 4) is 0 Å². The Hall–Kier alpha value is -2.37. The summed E-state index contributed by atoms with van der Waals surface area (Å²) in [6.45, 7) is 5.99. The molecule has 146 valence electrons. The summed E-state index contributed by atoms with van der Waals surface area (Å²) < 4.78 is 0. The number of nitrogens with two attached hydrogens (primary N) is 1. The molecule has 6 heteroatoms. The molecule has 2 aromatic carbocycles. The molecule has 0 aliphatic carbocycles. The van der Waals surface area contributed by atoms with Crippen LogP contribution in [-0.2, 0) is 4.79 Å². The highest BCUT2D eigenvalue weighted by Crippen LogP contribution is 2.11. The van der Waals surface area contributed by atoms with Gasteiger partial charge in [-0.05, 0) is 30.0 Å². The van der Waals surface area contributed by atoms with E-state index in [1.165, 1.54) is 0 Å². The van der Waals surface area contributed by atoms with Gasteiger partial charge in [0, 0.05) is 18.2 Å². The Labute approximate surface area is 167 Å². The molecule has 0 aromatic heterocycles. The lowest BCUT2D eigenvalue weighted by molar-refractivity contribution is -0.124. The van der Waals surface area contributed by atoms with Crippen molar-refractivity contribution in [2.45, 2.75) is 32.9 Å². The number of nitrogens with one attached hydrogen (secondary N) is 2. The summed E-state index contributed by atoms with van der Waals surface area (Å²) in [4.78, 5) is 25.1.